The van der Waals surface area contributed by atoms with E-state index >= 15 is 0 Å². The number of halogens is 1. The molecular formula is C10H16ClN3. The molecule has 0 radical (unpaired) electrons. The highest BCUT2D eigenvalue weighted by Gasteiger charge is 1.99. The van der Waals surface area contributed by atoms with Gasteiger partial charge >= 0.3 is 0 Å². The third-order valence-electron chi connectivity index (χ3n) is 1.86. The molecule has 0 fully saturated rings. The topological polar surface area (TPSA) is 29.9 Å². The first kappa shape index (κ1) is 11.3. The SMILES string of the molecule is CC(Cn1cccn1)NC/C=C/CCl. The number of rotatable bonds is 6. The standard InChI is InChI=1S/C10H16ClN3/c1-10(12-6-3-2-5-11)9-14-8-4-7-13-14/h2-4,7-8,10,12H,5-6,9H2,1H3/b3-2+. The summed E-state index contributed by atoms with van der Waals surface area (Å²) in [6, 6.07) is 2.34. The Morgan fingerprint density at radius 3 is 3.07 bits per heavy atom. The van der Waals surface area contributed by atoms with Crippen molar-refractivity contribution in [1.29, 1.82) is 0 Å². The van der Waals surface area contributed by atoms with Crippen LogP contribution >= 0.6 is 11.6 Å². The molecule has 0 saturated carbocycles. The van der Waals surface area contributed by atoms with Gasteiger partial charge in [0.05, 0.1) is 6.54 Å². The van der Waals surface area contributed by atoms with Crippen LogP contribution in [0.1, 0.15) is 6.92 Å². The van der Waals surface area contributed by atoms with Crippen molar-refractivity contribution < 1.29 is 0 Å². The van der Waals surface area contributed by atoms with Crippen LogP contribution < -0.4 is 5.32 Å². The van der Waals surface area contributed by atoms with E-state index in [4.69, 9.17) is 11.6 Å². The summed E-state index contributed by atoms with van der Waals surface area (Å²) in [5, 5.41) is 7.49. The Balaban J connectivity index is 2.16. The van der Waals surface area contributed by atoms with Crippen molar-refractivity contribution in [3.63, 3.8) is 0 Å². The Hall–Kier alpha value is -0.800. The third-order valence-corrected chi connectivity index (χ3v) is 2.04. The zero-order valence-electron chi connectivity index (χ0n) is 8.36. The van der Waals surface area contributed by atoms with Crippen LogP contribution in [-0.4, -0.2) is 28.2 Å². The maximum Gasteiger partial charge on any atom is 0.0560 e. The van der Waals surface area contributed by atoms with E-state index in [-0.39, 0.29) is 0 Å². The number of nitrogens with zero attached hydrogens (tertiary/aromatic N) is 2. The van der Waals surface area contributed by atoms with Gasteiger partial charge in [-0.2, -0.15) is 5.10 Å². The van der Waals surface area contributed by atoms with Gasteiger partial charge in [0.25, 0.3) is 0 Å². The highest BCUT2D eigenvalue weighted by Crippen LogP contribution is 1.90. The molecule has 0 aliphatic rings. The molecule has 0 aliphatic heterocycles. The van der Waals surface area contributed by atoms with E-state index in [1.54, 1.807) is 6.20 Å². The lowest BCUT2D eigenvalue weighted by Gasteiger charge is -2.11. The number of aromatic nitrogens is 2. The maximum absolute atomic E-state index is 5.50. The number of hydrogen-bond donors (Lipinski definition) is 1. The van der Waals surface area contributed by atoms with E-state index in [0.717, 1.165) is 13.1 Å². The first-order valence-electron chi connectivity index (χ1n) is 4.74. The van der Waals surface area contributed by atoms with Gasteiger partial charge < -0.3 is 5.32 Å². The van der Waals surface area contributed by atoms with Crippen LogP contribution in [0.2, 0.25) is 0 Å². The molecule has 0 aromatic carbocycles. The second-order valence-electron chi connectivity index (χ2n) is 3.16. The summed E-state index contributed by atoms with van der Waals surface area (Å²) in [5.41, 5.74) is 0. The fourth-order valence-electron chi connectivity index (χ4n) is 1.17. The lowest BCUT2D eigenvalue weighted by atomic mass is 10.3. The summed E-state index contributed by atoms with van der Waals surface area (Å²) < 4.78 is 1.92. The van der Waals surface area contributed by atoms with Gasteiger partial charge in [-0.25, -0.2) is 0 Å². The molecule has 0 amide bonds. The number of nitrogens with one attached hydrogen (secondary N) is 1. The van der Waals surface area contributed by atoms with Gasteiger partial charge in [-0.3, -0.25) is 4.68 Å². The largest absolute Gasteiger partial charge is 0.309 e. The second kappa shape index (κ2) is 6.62. The summed E-state index contributed by atoms with van der Waals surface area (Å²) in [7, 11) is 0. The normalized spacial score (nSPS) is 13.6. The summed E-state index contributed by atoms with van der Waals surface area (Å²) in [5.74, 6) is 0.579. The molecule has 0 saturated heterocycles. The average Bonchev–Trinajstić information content (AvgIpc) is 2.65. The van der Waals surface area contributed by atoms with E-state index in [9.17, 15) is 0 Å². The molecule has 14 heavy (non-hydrogen) atoms. The van der Waals surface area contributed by atoms with E-state index in [0.29, 0.717) is 11.9 Å². The van der Waals surface area contributed by atoms with E-state index in [1.165, 1.54) is 0 Å². The molecule has 1 rings (SSSR count). The van der Waals surface area contributed by atoms with Gasteiger partial charge in [0, 0.05) is 30.9 Å². The number of hydrogen-bond acceptors (Lipinski definition) is 2. The smallest absolute Gasteiger partial charge is 0.0560 e. The molecule has 3 nitrogen and oxygen atoms in total. The zero-order chi connectivity index (χ0) is 10.2. The van der Waals surface area contributed by atoms with Crippen molar-refractivity contribution in [1.82, 2.24) is 15.1 Å². The Bertz CT molecular complexity index is 256. The Labute approximate surface area is 89.8 Å². The van der Waals surface area contributed by atoms with Crippen LogP contribution in [0, 0.1) is 0 Å². The van der Waals surface area contributed by atoms with Crippen LogP contribution in [0.5, 0.6) is 0 Å². The molecule has 1 atom stereocenters. The monoisotopic (exact) mass is 213 g/mol. The van der Waals surface area contributed by atoms with Gasteiger partial charge in [0.15, 0.2) is 0 Å². The fourth-order valence-corrected chi connectivity index (χ4v) is 1.30. The summed E-state index contributed by atoms with van der Waals surface area (Å²) >= 11 is 5.50. The fraction of sp³-hybridized carbons (Fsp3) is 0.500. The van der Waals surface area contributed by atoms with Crippen molar-refractivity contribution in [2.75, 3.05) is 12.4 Å². The minimum atomic E-state index is 0.412. The van der Waals surface area contributed by atoms with Gasteiger partial charge in [-0.1, -0.05) is 12.2 Å². The summed E-state index contributed by atoms with van der Waals surface area (Å²) in [6.45, 7) is 3.88. The van der Waals surface area contributed by atoms with Crippen LogP contribution in [-0.2, 0) is 6.54 Å². The molecule has 1 heterocycles. The second-order valence-corrected chi connectivity index (χ2v) is 3.47. The molecular weight excluding hydrogens is 198 g/mol. The van der Waals surface area contributed by atoms with Crippen LogP contribution in [0.3, 0.4) is 0 Å². The molecule has 0 aliphatic carbocycles. The minimum absolute atomic E-state index is 0.412. The first-order chi connectivity index (χ1) is 6.83. The Morgan fingerprint density at radius 1 is 1.57 bits per heavy atom. The van der Waals surface area contributed by atoms with E-state index in [1.807, 2.05) is 29.1 Å². The number of alkyl halides is 1. The van der Waals surface area contributed by atoms with E-state index in [2.05, 4.69) is 17.3 Å². The predicted molar refractivity (Wildman–Crippen MR) is 59.6 cm³/mol. The number of allylic oxidation sites excluding steroid dienone is 1. The van der Waals surface area contributed by atoms with Crippen LogP contribution in [0.4, 0.5) is 0 Å². The Morgan fingerprint density at radius 2 is 2.43 bits per heavy atom. The first-order valence-corrected chi connectivity index (χ1v) is 5.28. The third kappa shape index (κ3) is 4.44. The van der Waals surface area contributed by atoms with Gasteiger partial charge in [-0.05, 0) is 13.0 Å². The lowest BCUT2D eigenvalue weighted by molar-refractivity contribution is 0.468. The van der Waals surface area contributed by atoms with Crippen LogP contribution in [0.25, 0.3) is 0 Å². The molecule has 1 N–H and O–H groups in total. The van der Waals surface area contributed by atoms with Crippen molar-refractivity contribution in [3.8, 4) is 0 Å². The zero-order valence-corrected chi connectivity index (χ0v) is 9.11. The molecule has 78 valence electrons. The Kier molecular flexibility index (Phi) is 5.33. The van der Waals surface area contributed by atoms with E-state index < -0.39 is 0 Å². The van der Waals surface area contributed by atoms with Crippen molar-refractivity contribution in [2.24, 2.45) is 0 Å². The average molecular weight is 214 g/mol. The predicted octanol–water partition coefficient (Wildman–Crippen LogP) is 1.66. The molecule has 1 aromatic rings. The van der Waals surface area contributed by atoms with Crippen LogP contribution in [0.15, 0.2) is 30.6 Å². The summed E-state index contributed by atoms with van der Waals surface area (Å²) in [4.78, 5) is 0. The quantitative estimate of drug-likeness (QED) is 0.576. The molecule has 1 unspecified atom stereocenters. The molecule has 4 heteroatoms. The highest BCUT2D eigenvalue weighted by molar-refractivity contribution is 6.18. The minimum Gasteiger partial charge on any atom is -0.309 e. The van der Waals surface area contributed by atoms with Gasteiger partial charge in [0.1, 0.15) is 0 Å². The molecule has 1 aromatic heterocycles. The highest BCUT2D eigenvalue weighted by atomic mass is 35.5. The summed E-state index contributed by atoms with van der Waals surface area (Å²) in [6.07, 6.45) is 7.73. The van der Waals surface area contributed by atoms with Gasteiger partial charge in [-0.15, -0.1) is 11.6 Å². The lowest BCUT2D eigenvalue weighted by Crippen LogP contribution is -2.30. The van der Waals surface area contributed by atoms with Crippen molar-refractivity contribution in [3.05, 3.63) is 30.6 Å². The molecule has 0 spiro atoms. The van der Waals surface area contributed by atoms with Gasteiger partial charge in [0.2, 0.25) is 0 Å². The molecule has 0 bridgehead atoms. The van der Waals surface area contributed by atoms with Crippen molar-refractivity contribution >= 4 is 11.6 Å². The maximum atomic E-state index is 5.50. The van der Waals surface area contributed by atoms with Crippen molar-refractivity contribution in [2.45, 2.75) is 19.5 Å².